The highest BCUT2D eigenvalue weighted by Gasteiger charge is 2.30. The number of unbranched alkanes of at least 4 members (excludes halogenated alkanes) is 2. The summed E-state index contributed by atoms with van der Waals surface area (Å²) in [4.78, 5) is 92.0. The summed E-state index contributed by atoms with van der Waals surface area (Å²) >= 11 is 6.43. The van der Waals surface area contributed by atoms with Gasteiger partial charge in [0.1, 0.15) is 23.9 Å². The number of benzene rings is 4. The molecule has 0 spiro atoms. The number of carbonyl (C=O) groups is 6. The van der Waals surface area contributed by atoms with Crippen LogP contribution < -0.4 is 36.8 Å². The largest absolute Gasteiger partial charge is 0.462 e. The molecule has 9 rings (SSSR count). The summed E-state index contributed by atoms with van der Waals surface area (Å²) in [6.45, 7) is 8.53. The predicted octanol–water partition coefficient (Wildman–Crippen LogP) is 6.80. The van der Waals surface area contributed by atoms with E-state index in [0.717, 1.165) is 68.9 Å². The number of nitrogens with one attached hydrogen (secondary N) is 6. The summed E-state index contributed by atoms with van der Waals surface area (Å²) in [5, 5.41) is 28.0. The number of anilines is 5. The van der Waals surface area contributed by atoms with Crippen LogP contribution in [-0.2, 0) is 42.3 Å². The number of nitrogens with zero attached hydrogens (tertiary/aromatic N) is 9. The molecule has 0 aliphatic carbocycles. The molecule has 0 bridgehead atoms. The van der Waals surface area contributed by atoms with Gasteiger partial charge in [-0.3, -0.25) is 43.0 Å². The molecule has 3 aromatic heterocycles. The topological polar surface area (TPSA) is 255 Å². The van der Waals surface area contributed by atoms with Crippen molar-refractivity contribution in [2.24, 2.45) is 7.05 Å². The Morgan fingerprint density at radius 2 is 1.54 bits per heavy atom. The molecule has 0 radical (unpaired) electrons. The lowest BCUT2D eigenvalue weighted by Gasteiger charge is -2.36. The zero-order valence-electron chi connectivity index (χ0n) is 47.7. The number of fused-ring (bicyclic) bond motifs is 2. The van der Waals surface area contributed by atoms with Crippen LogP contribution in [0, 0.1) is 5.82 Å². The van der Waals surface area contributed by atoms with E-state index >= 15 is 4.39 Å². The zero-order valence-corrected chi connectivity index (χ0v) is 48.4. The SMILES string of the molecule is CNC(=O)c1ccccc1Nc1nc(Nc2ccc(N3CCN(CCCCCNC(=O)CCC(=O)N4CCC(c5nn(CC(=O)NCC(=O)NCC(=O)OC(C)C)c6cccc(-c7cc8c(cnn8C)cc7F)c56)CC4)CC3)cc2)ncc1Cl. The Morgan fingerprint density at radius 1 is 0.774 bits per heavy atom. The van der Waals surface area contributed by atoms with Gasteiger partial charge < -0.3 is 46.4 Å². The number of para-hydroxylation sites is 1. The second-order valence-corrected chi connectivity index (χ2v) is 21.6. The van der Waals surface area contributed by atoms with Crippen molar-refractivity contribution in [2.75, 3.05) is 88.0 Å². The van der Waals surface area contributed by atoms with Crippen molar-refractivity contribution in [3.63, 3.8) is 0 Å². The van der Waals surface area contributed by atoms with E-state index in [0.29, 0.717) is 93.6 Å². The molecular formula is C60H71ClFN15O7. The van der Waals surface area contributed by atoms with Crippen molar-refractivity contribution in [3.05, 3.63) is 113 Å². The third-order valence-corrected chi connectivity index (χ3v) is 15.3. The number of hydrogen-bond acceptors (Lipinski definition) is 15. The Morgan fingerprint density at radius 3 is 2.30 bits per heavy atom. The van der Waals surface area contributed by atoms with E-state index in [9.17, 15) is 28.8 Å². The number of hydrogen-bond donors (Lipinski definition) is 6. The number of aryl methyl sites for hydroxylation is 1. The standard InChI is InChI=1S/C60H71ClFN15O7/c1-38(2)84-55(82)36-66-52(79)35-65-53(80)37-77-49-14-10-12-43(45-32-50-40(31-47(45)62)33-68-73(50)4)56(49)57(72-77)39-21-25-76(26-22-39)54(81)20-19-51(78)64-23-8-5-9-24-74-27-29-75(30-28-74)42-17-15-41(16-18-42)69-60-67-34-46(61)58(71-60)70-48-13-7-6-11-44(48)59(83)63-3/h6-7,10-18,31-34,38-39H,5,8-9,19-30,35-37H2,1-4H3,(H,63,83)(H,64,78)(H,65,80)(H,66,79)(H2,67,69,70,71). The van der Waals surface area contributed by atoms with Crippen LogP contribution in [0.3, 0.4) is 0 Å². The fourth-order valence-electron chi connectivity index (χ4n) is 10.6. The van der Waals surface area contributed by atoms with E-state index in [2.05, 4.69) is 68.9 Å². The van der Waals surface area contributed by atoms with Crippen LogP contribution in [0.5, 0.6) is 0 Å². The zero-order chi connectivity index (χ0) is 59.3. The van der Waals surface area contributed by atoms with Crippen LogP contribution in [0.1, 0.15) is 80.8 Å². The molecule has 6 N–H and O–H groups in total. The van der Waals surface area contributed by atoms with Crippen LogP contribution >= 0.6 is 11.6 Å². The molecule has 2 aliphatic heterocycles. The number of esters is 1. The first kappa shape index (κ1) is 59.9. The van der Waals surface area contributed by atoms with Crippen LogP contribution in [0.4, 0.5) is 33.2 Å². The molecule has 4 aromatic carbocycles. The van der Waals surface area contributed by atoms with Crippen LogP contribution in [0.25, 0.3) is 32.9 Å². The molecule has 2 aliphatic rings. The number of likely N-dealkylation sites (tertiary alicyclic amines) is 1. The van der Waals surface area contributed by atoms with Crippen molar-refractivity contribution in [3.8, 4) is 11.1 Å². The van der Waals surface area contributed by atoms with E-state index < -0.39 is 23.6 Å². The molecule has 0 saturated carbocycles. The van der Waals surface area contributed by atoms with Crippen LogP contribution in [-0.4, -0.2) is 153 Å². The summed E-state index contributed by atoms with van der Waals surface area (Å²) in [6.07, 6.45) is 6.90. The third-order valence-electron chi connectivity index (χ3n) is 15.0. The molecule has 22 nitrogen and oxygen atoms in total. The van der Waals surface area contributed by atoms with Crippen LogP contribution in [0.15, 0.2) is 91.3 Å². The van der Waals surface area contributed by atoms with Gasteiger partial charge in [-0.25, -0.2) is 9.37 Å². The quantitative estimate of drug-likeness (QED) is 0.0269. The van der Waals surface area contributed by atoms with Crippen molar-refractivity contribution in [1.29, 1.82) is 0 Å². The number of rotatable bonds is 24. The molecular weight excluding hydrogens is 1100 g/mol. The van der Waals surface area contributed by atoms with Gasteiger partial charge in [-0.2, -0.15) is 15.2 Å². The molecule has 5 amide bonds. The second-order valence-electron chi connectivity index (χ2n) is 21.2. The minimum atomic E-state index is -0.593. The average Bonchev–Trinajstić information content (AvgIpc) is 2.40. The number of ether oxygens (including phenoxy) is 1. The van der Waals surface area contributed by atoms with Crippen molar-refractivity contribution in [2.45, 2.75) is 77.4 Å². The van der Waals surface area contributed by atoms with E-state index in [1.54, 1.807) is 78.7 Å². The van der Waals surface area contributed by atoms with Gasteiger partial charge in [-0.1, -0.05) is 42.3 Å². The molecule has 84 heavy (non-hydrogen) atoms. The maximum atomic E-state index is 16.0. The van der Waals surface area contributed by atoms with Gasteiger partial charge in [0.25, 0.3) is 5.91 Å². The highest BCUT2D eigenvalue weighted by molar-refractivity contribution is 6.33. The van der Waals surface area contributed by atoms with Gasteiger partial charge in [0.05, 0.1) is 53.0 Å². The Kier molecular flexibility index (Phi) is 20.0. The maximum absolute atomic E-state index is 16.0. The molecule has 442 valence electrons. The molecule has 24 heteroatoms. The second kappa shape index (κ2) is 28.0. The lowest BCUT2D eigenvalue weighted by atomic mass is 9.88. The van der Waals surface area contributed by atoms with Gasteiger partial charge in [-0.15, -0.1) is 0 Å². The summed E-state index contributed by atoms with van der Waals surface area (Å²) in [5.41, 5.74) is 5.92. The Bertz CT molecular complexity index is 3500. The number of halogens is 2. The smallest absolute Gasteiger partial charge is 0.325 e. The first-order valence-corrected chi connectivity index (χ1v) is 28.8. The number of aromatic nitrogens is 6. The first-order valence-electron chi connectivity index (χ1n) is 28.4. The van der Waals surface area contributed by atoms with Crippen molar-refractivity contribution < 1.29 is 37.9 Å². The van der Waals surface area contributed by atoms with Crippen molar-refractivity contribution in [1.82, 2.24) is 60.6 Å². The molecule has 2 saturated heterocycles. The Hall–Kier alpha value is -8.70. The monoisotopic (exact) mass is 1170 g/mol. The number of carbonyl (C=O) groups excluding carboxylic acids is 6. The fraction of sp³-hybridized carbons (Fsp3) is 0.400. The minimum absolute atomic E-state index is 0.0900. The molecule has 0 unspecified atom stereocenters. The van der Waals surface area contributed by atoms with Crippen LogP contribution in [0.2, 0.25) is 5.02 Å². The summed E-state index contributed by atoms with van der Waals surface area (Å²) < 4.78 is 24.3. The van der Waals surface area contributed by atoms with E-state index in [1.165, 1.54) is 12.3 Å². The van der Waals surface area contributed by atoms with Gasteiger partial charge in [-0.05, 0) is 106 Å². The van der Waals surface area contributed by atoms with E-state index in [4.69, 9.17) is 21.4 Å². The summed E-state index contributed by atoms with van der Waals surface area (Å²) in [7, 11) is 3.37. The Labute approximate surface area is 491 Å². The lowest BCUT2D eigenvalue weighted by molar-refractivity contribution is -0.147. The third kappa shape index (κ3) is 15.3. The number of piperidine rings is 1. The van der Waals surface area contributed by atoms with E-state index in [-0.39, 0.29) is 62.2 Å². The summed E-state index contributed by atoms with van der Waals surface area (Å²) in [6, 6.07) is 23.9. The first-order chi connectivity index (χ1) is 40.6. The van der Waals surface area contributed by atoms with Gasteiger partial charge >= 0.3 is 5.97 Å². The van der Waals surface area contributed by atoms with Gasteiger partial charge in [0.2, 0.25) is 29.6 Å². The van der Waals surface area contributed by atoms with E-state index in [1.807, 2.05) is 30.3 Å². The summed E-state index contributed by atoms with van der Waals surface area (Å²) in [5.74, 6) is -2.01. The molecule has 7 aromatic rings. The highest BCUT2D eigenvalue weighted by atomic mass is 35.5. The predicted molar refractivity (Wildman–Crippen MR) is 320 cm³/mol. The van der Waals surface area contributed by atoms with Crippen molar-refractivity contribution >= 4 is 97.7 Å². The number of piperazine rings is 1. The average molecular weight is 1170 g/mol. The molecule has 0 atom stereocenters. The maximum Gasteiger partial charge on any atom is 0.325 e. The Balaban J connectivity index is 0.692. The number of amides is 5. The lowest BCUT2D eigenvalue weighted by Crippen LogP contribution is -2.46. The molecule has 2 fully saturated rings. The normalized spacial score (nSPS) is 13.9. The molecule has 5 heterocycles. The minimum Gasteiger partial charge on any atom is -0.462 e. The van der Waals surface area contributed by atoms with Gasteiger partial charge in [0.15, 0.2) is 5.82 Å². The fourth-order valence-corrected chi connectivity index (χ4v) is 10.7. The van der Waals surface area contributed by atoms with Gasteiger partial charge in [0, 0.05) is 106 Å². The highest BCUT2D eigenvalue weighted by Crippen LogP contribution is 2.40.